The van der Waals surface area contributed by atoms with Crippen molar-refractivity contribution in [1.29, 1.82) is 0 Å². The molecular weight excluding hydrogens is 345 g/mol. The first kappa shape index (κ1) is 21.2. The van der Waals surface area contributed by atoms with Crippen LogP contribution in [0, 0.1) is 5.92 Å². The van der Waals surface area contributed by atoms with Gasteiger partial charge in [-0.2, -0.15) is 0 Å². The van der Waals surface area contributed by atoms with Gasteiger partial charge in [0.25, 0.3) is 0 Å². The van der Waals surface area contributed by atoms with Gasteiger partial charge in [0.05, 0.1) is 0 Å². The Balaban J connectivity index is 0.00000144. The van der Waals surface area contributed by atoms with Gasteiger partial charge in [-0.05, 0) is 24.3 Å². The van der Waals surface area contributed by atoms with E-state index in [1.807, 2.05) is 4.90 Å². The highest BCUT2D eigenvalue weighted by Gasteiger charge is 2.32. The first-order chi connectivity index (χ1) is 10.8. The van der Waals surface area contributed by atoms with Crippen molar-refractivity contribution in [2.75, 3.05) is 39.3 Å². The number of likely N-dealkylation sites (tertiary alicyclic amines) is 1. The van der Waals surface area contributed by atoms with Gasteiger partial charge in [-0.3, -0.25) is 9.69 Å². The second-order valence-electron chi connectivity index (χ2n) is 6.48. The number of nitrogens with one attached hydrogen (secondary N) is 1. The summed E-state index contributed by atoms with van der Waals surface area (Å²) in [7, 11) is 0. The van der Waals surface area contributed by atoms with E-state index in [-0.39, 0.29) is 30.7 Å². The van der Waals surface area contributed by atoms with E-state index in [1.165, 1.54) is 5.56 Å². The molecule has 2 aliphatic rings. The van der Waals surface area contributed by atoms with Crippen molar-refractivity contribution in [1.82, 2.24) is 15.1 Å². The normalized spacial score (nSPS) is 20.6. The van der Waals surface area contributed by atoms with Gasteiger partial charge in [0.15, 0.2) is 0 Å². The summed E-state index contributed by atoms with van der Waals surface area (Å²) in [5, 5.41) is 3.45. The topological polar surface area (TPSA) is 35.6 Å². The van der Waals surface area contributed by atoms with Crippen molar-refractivity contribution >= 4 is 30.7 Å². The van der Waals surface area contributed by atoms with E-state index in [0.717, 1.165) is 52.1 Å². The number of benzene rings is 1. The maximum absolute atomic E-state index is 11.6. The lowest BCUT2D eigenvalue weighted by atomic mass is 9.84. The van der Waals surface area contributed by atoms with Crippen LogP contribution in [0.4, 0.5) is 0 Å². The smallest absolute Gasteiger partial charge is 0.219 e. The van der Waals surface area contributed by atoms with Crippen molar-refractivity contribution in [2.24, 2.45) is 5.92 Å². The first-order valence-corrected chi connectivity index (χ1v) is 8.51. The Morgan fingerprint density at radius 3 is 2.17 bits per heavy atom. The predicted octanol–water partition coefficient (Wildman–Crippen LogP) is 2.74. The van der Waals surface area contributed by atoms with Gasteiger partial charge >= 0.3 is 0 Å². The minimum Gasteiger partial charge on any atom is -0.343 e. The molecule has 136 valence electrons. The lowest BCUT2D eigenvalue weighted by Gasteiger charge is -2.43. The largest absolute Gasteiger partial charge is 0.343 e. The summed E-state index contributed by atoms with van der Waals surface area (Å²) in [6, 6.07) is 11.4. The molecule has 0 bridgehead atoms. The fraction of sp³-hybridized carbons (Fsp3) is 0.611. The Hall–Kier alpha value is -0.810. The van der Waals surface area contributed by atoms with Crippen LogP contribution in [0.3, 0.4) is 0 Å². The van der Waals surface area contributed by atoms with Gasteiger partial charge < -0.3 is 10.2 Å². The summed E-state index contributed by atoms with van der Waals surface area (Å²) >= 11 is 0. The minimum atomic E-state index is 0. The van der Waals surface area contributed by atoms with E-state index in [1.54, 1.807) is 6.92 Å². The molecule has 1 atom stereocenters. The van der Waals surface area contributed by atoms with E-state index in [9.17, 15) is 4.79 Å². The van der Waals surface area contributed by atoms with Crippen LogP contribution in [-0.2, 0) is 4.79 Å². The maximum atomic E-state index is 11.6. The number of hydrogen-bond donors (Lipinski definition) is 1. The molecule has 0 aliphatic carbocycles. The zero-order valence-electron chi connectivity index (χ0n) is 14.3. The molecule has 0 aromatic heterocycles. The molecular formula is C18H29Cl2N3O. The van der Waals surface area contributed by atoms with Crippen molar-refractivity contribution in [3.8, 4) is 0 Å². The Labute approximate surface area is 157 Å². The average Bonchev–Trinajstić information content (AvgIpc) is 2.57. The van der Waals surface area contributed by atoms with Gasteiger partial charge in [-0.25, -0.2) is 0 Å². The molecule has 6 heteroatoms. The third kappa shape index (κ3) is 5.09. The number of hydrogen-bond acceptors (Lipinski definition) is 3. The molecule has 2 aliphatic heterocycles. The molecule has 0 saturated carbocycles. The summed E-state index contributed by atoms with van der Waals surface area (Å²) in [6.45, 7) is 7.90. The van der Waals surface area contributed by atoms with Gasteiger partial charge in [-0.1, -0.05) is 30.3 Å². The highest BCUT2D eigenvalue weighted by Crippen LogP contribution is 2.35. The second kappa shape index (κ2) is 10.2. The highest BCUT2D eigenvalue weighted by molar-refractivity contribution is 5.85. The fourth-order valence-electron chi connectivity index (χ4n) is 3.92. The number of amides is 1. The number of piperazine rings is 1. The molecule has 2 fully saturated rings. The number of nitrogens with zero attached hydrogens (tertiary/aromatic N) is 2. The van der Waals surface area contributed by atoms with Gasteiger partial charge in [0, 0.05) is 52.2 Å². The summed E-state index contributed by atoms with van der Waals surface area (Å²) in [6.07, 6.45) is 2.23. The first-order valence-electron chi connectivity index (χ1n) is 8.51. The number of rotatable bonds is 3. The molecule has 0 radical (unpaired) electrons. The van der Waals surface area contributed by atoms with Gasteiger partial charge in [-0.15, -0.1) is 24.8 Å². The number of halogens is 2. The molecule has 3 rings (SSSR count). The SMILES string of the molecule is CC(=O)N1CCC(C(c2ccccc2)N2CCNCC2)CC1.Cl.Cl. The summed E-state index contributed by atoms with van der Waals surface area (Å²) in [5.41, 5.74) is 1.44. The van der Waals surface area contributed by atoms with Crippen LogP contribution in [-0.4, -0.2) is 55.0 Å². The Morgan fingerprint density at radius 2 is 1.62 bits per heavy atom. The number of carbonyl (C=O) groups excluding carboxylic acids is 1. The van der Waals surface area contributed by atoms with Crippen LogP contribution >= 0.6 is 24.8 Å². The zero-order valence-corrected chi connectivity index (χ0v) is 16.0. The third-order valence-electron chi connectivity index (χ3n) is 5.12. The zero-order chi connectivity index (χ0) is 15.4. The number of carbonyl (C=O) groups is 1. The van der Waals surface area contributed by atoms with Crippen LogP contribution in [0.15, 0.2) is 30.3 Å². The quantitative estimate of drug-likeness (QED) is 0.884. The molecule has 1 N–H and O–H groups in total. The van der Waals surface area contributed by atoms with E-state index >= 15 is 0 Å². The molecule has 2 heterocycles. The summed E-state index contributed by atoms with van der Waals surface area (Å²) in [4.78, 5) is 16.2. The van der Waals surface area contributed by atoms with E-state index < -0.39 is 0 Å². The van der Waals surface area contributed by atoms with Crippen LogP contribution in [0.2, 0.25) is 0 Å². The van der Waals surface area contributed by atoms with Crippen molar-refractivity contribution in [3.63, 3.8) is 0 Å². The van der Waals surface area contributed by atoms with Crippen molar-refractivity contribution in [3.05, 3.63) is 35.9 Å². The summed E-state index contributed by atoms with van der Waals surface area (Å²) in [5.74, 6) is 0.869. The standard InChI is InChI=1S/C18H27N3O.2ClH/c1-15(22)20-11-7-17(8-12-20)18(16-5-3-2-4-6-16)21-13-9-19-10-14-21;;/h2-6,17-19H,7-14H2,1H3;2*1H. The Kier molecular flexibility index (Phi) is 9.06. The molecule has 4 nitrogen and oxygen atoms in total. The lowest BCUT2D eigenvalue weighted by Crippen LogP contribution is -2.49. The van der Waals surface area contributed by atoms with Gasteiger partial charge in [0.2, 0.25) is 5.91 Å². The van der Waals surface area contributed by atoms with Crippen molar-refractivity contribution < 1.29 is 4.79 Å². The maximum Gasteiger partial charge on any atom is 0.219 e. The Morgan fingerprint density at radius 1 is 1.04 bits per heavy atom. The minimum absolute atomic E-state index is 0. The molecule has 2 saturated heterocycles. The van der Waals surface area contributed by atoms with Crippen LogP contribution in [0.5, 0.6) is 0 Å². The van der Waals surface area contributed by atoms with E-state index in [0.29, 0.717) is 12.0 Å². The van der Waals surface area contributed by atoms with Crippen LogP contribution in [0.1, 0.15) is 31.4 Å². The molecule has 1 aromatic carbocycles. The molecule has 0 spiro atoms. The third-order valence-corrected chi connectivity index (χ3v) is 5.12. The molecule has 1 unspecified atom stereocenters. The molecule has 1 amide bonds. The van der Waals surface area contributed by atoms with E-state index in [2.05, 4.69) is 40.5 Å². The average molecular weight is 374 g/mol. The number of piperidine rings is 1. The van der Waals surface area contributed by atoms with Crippen LogP contribution in [0.25, 0.3) is 0 Å². The van der Waals surface area contributed by atoms with E-state index in [4.69, 9.17) is 0 Å². The van der Waals surface area contributed by atoms with Crippen LogP contribution < -0.4 is 5.32 Å². The fourth-order valence-corrected chi connectivity index (χ4v) is 3.92. The Bertz CT molecular complexity index is 486. The monoisotopic (exact) mass is 373 g/mol. The molecule has 24 heavy (non-hydrogen) atoms. The molecule has 1 aromatic rings. The highest BCUT2D eigenvalue weighted by atomic mass is 35.5. The summed E-state index contributed by atoms with van der Waals surface area (Å²) < 4.78 is 0. The predicted molar refractivity (Wildman–Crippen MR) is 103 cm³/mol. The van der Waals surface area contributed by atoms with Gasteiger partial charge in [0.1, 0.15) is 0 Å². The van der Waals surface area contributed by atoms with Crippen molar-refractivity contribution in [2.45, 2.75) is 25.8 Å². The second-order valence-corrected chi connectivity index (χ2v) is 6.48. The lowest BCUT2D eigenvalue weighted by molar-refractivity contribution is -0.130.